The van der Waals surface area contributed by atoms with Crippen LogP contribution >= 0.6 is 23.2 Å². The molecule has 178 valence electrons. The summed E-state index contributed by atoms with van der Waals surface area (Å²) in [5.74, 6) is -0.669. The average molecular weight is 511 g/mol. The van der Waals surface area contributed by atoms with Crippen LogP contribution in [0, 0.1) is 6.92 Å². The molecule has 0 saturated carbocycles. The largest absolute Gasteiger partial charge is 0.497 e. The number of aryl methyl sites for hydroxylation is 1. The van der Waals surface area contributed by atoms with Crippen LogP contribution in [0.5, 0.6) is 11.5 Å². The molecule has 0 spiro atoms. The van der Waals surface area contributed by atoms with Crippen molar-refractivity contribution < 1.29 is 23.9 Å². The van der Waals surface area contributed by atoms with Crippen LogP contribution in [0.15, 0.2) is 66.2 Å². The molecular formula is C26H20Cl2N2O5. The molecule has 0 radical (unpaired) electrons. The van der Waals surface area contributed by atoms with E-state index in [1.807, 2.05) is 12.1 Å². The minimum atomic E-state index is -0.851. The number of carbonyl (C=O) groups is 3. The van der Waals surface area contributed by atoms with Gasteiger partial charge in [-0.3, -0.25) is 14.9 Å². The Hall–Kier alpha value is -3.81. The van der Waals surface area contributed by atoms with Gasteiger partial charge in [0.1, 0.15) is 23.7 Å². The maximum Gasteiger partial charge on any atom is 0.335 e. The minimum Gasteiger partial charge on any atom is -0.497 e. The molecule has 0 aromatic heterocycles. The van der Waals surface area contributed by atoms with Gasteiger partial charge in [0.2, 0.25) is 0 Å². The molecule has 9 heteroatoms. The number of urea groups is 1. The maximum absolute atomic E-state index is 13.3. The van der Waals surface area contributed by atoms with E-state index < -0.39 is 17.8 Å². The molecule has 0 atom stereocenters. The lowest BCUT2D eigenvalue weighted by Gasteiger charge is -2.27. The van der Waals surface area contributed by atoms with Gasteiger partial charge in [-0.25, -0.2) is 9.69 Å². The lowest BCUT2D eigenvalue weighted by Crippen LogP contribution is -2.54. The van der Waals surface area contributed by atoms with Crippen LogP contribution in [0.1, 0.15) is 16.7 Å². The number of methoxy groups -OCH3 is 1. The smallest absolute Gasteiger partial charge is 0.335 e. The highest BCUT2D eigenvalue weighted by atomic mass is 35.5. The number of ether oxygens (including phenoxy) is 2. The number of barbiturate groups is 1. The number of benzene rings is 3. The second kappa shape index (κ2) is 10.2. The van der Waals surface area contributed by atoms with E-state index in [0.717, 1.165) is 10.5 Å². The Morgan fingerprint density at radius 1 is 0.943 bits per heavy atom. The molecule has 35 heavy (non-hydrogen) atoms. The molecule has 1 heterocycles. The number of hydrogen-bond acceptors (Lipinski definition) is 5. The first-order valence-corrected chi connectivity index (χ1v) is 11.3. The van der Waals surface area contributed by atoms with Crippen molar-refractivity contribution in [3.63, 3.8) is 0 Å². The number of carbonyl (C=O) groups excluding carboxylic acids is 3. The van der Waals surface area contributed by atoms with Gasteiger partial charge in [-0.1, -0.05) is 41.4 Å². The van der Waals surface area contributed by atoms with Crippen LogP contribution in [0.3, 0.4) is 0 Å². The summed E-state index contributed by atoms with van der Waals surface area (Å²) < 4.78 is 11.3. The molecule has 4 rings (SSSR count). The van der Waals surface area contributed by atoms with E-state index in [0.29, 0.717) is 32.7 Å². The fraction of sp³-hybridized carbons (Fsp3) is 0.115. The molecule has 4 amide bonds. The fourth-order valence-electron chi connectivity index (χ4n) is 3.48. The monoisotopic (exact) mass is 510 g/mol. The number of imide groups is 2. The molecule has 1 aliphatic rings. The van der Waals surface area contributed by atoms with Crippen molar-refractivity contribution in [3.8, 4) is 11.5 Å². The minimum absolute atomic E-state index is 0.215. The first-order chi connectivity index (χ1) is 16.8. The molecule has 0 aliphatic carbocycles. The summed E-state index contributed by atoms with van der Waals surface area (Å²) in [5.41, 5.74) is 2.02. The van der Waals surface area contributed by atoms with Crippen LogP contribution in [-0.2, 0) is 16.2 Å². The van der Waals surface area contributed by atoms with Crippen molar-refractivity contribution in [2.45, 2.75) is 13.5 Å². The van der Waals surface area contributed by atoms with E-state index in [9.17, 15) is 14.4 Å². The first kappa shape index (κ1) is 24.3. The Labute approximate surface area is 211 Å². The summed E-state index contributed by atoms with van der Waals surface area (Å²) in [4.78, 5) is 39.4. The molecule has 0 bridgehead atoms. The van der Waals surface area contributed by atoms with E-state index in [1.54, 1.807) is 49.4 Å². The Bertz CT molecular complexity index is 1350. The molecular weight excluding hydrogens is 491 g/mol. The number of nitrogens with one attached hydrogen (secondary N) is 1. The molecule has 1 saturated heterocycles. The van der Waals surface area contributed by atoms with Gasteiger partial charge in [0.05, 0.1) is 12.8 Å². The Balaban J connectivity index is 1.70. The lowest BCUT2D eigenvalue weighted by atomic mass is 10.0. The predicted octanol–water partition coefficient (Wildman–Crippen LogP) is 5.56. The molecule has 0 unspecified atom stereocenters. The number of rotatable bonds is 6. The van der Waals surface area contributed by atoms with Gasteiger partial charge in [-0.15, -0.1) is 0 Å². The van der Waals surface area contributed by atoms with Gasteiger partial charge in [-0.2, -0.15) is 0 Å². The SMILES string of the molecule is COc1ccc(/C=C2\C(=O)NC(=O)N(c3cc(Cl)ccc3C)C2=O)c(OCc2ccc(Cl)cc2)c1. The number of amides is 4. The number of hydrogen-bond donors (Lipinski definition) is 1. The molecule has 7 nitrogen and oxygen atoms in total. The van der Waals surface area contributed by atoms with E-state index in [1.165, 1.54) is 19.3 Å². The summed E-state index contributed by atoms with van der Waals surface area (Å²) >= 11 is 12.0. The topological polar surface area (TPSA) is 84.9 Å². The third-order valence-electron chi connectivity index (χ3n) is 5.34. The Kier molecular flexibility index (Phi) is 7.10. The quantitative estimate of drug-likeness (QED) is 0.346. The van der Waals surface area contributed by atoms with Gasteiger partial charge in [-0.05, 0) is 60.5 Å². The van der Waals surface area contributed by atoms with Crippen LogP contribution < -0.4 is 19.7 Å². The van der Waals surface area contributed by atoms with E-state index in [-0.39, 0.29) is 17.9 Å². The van der Waals surface area contributed by atoms with Crippen molar-refractivity contribution in [2.24, 2.45) is 0 Å². The van der Waals surface area contributed by atoms with E-state index >= 15 is 0 Å². The highest BCUT2D eigenvalue weighted by Crippen LogP contribution is 2.31. The van der Waals surface area contributed by atoms with Crippen LogP contribution in [0.25, 0.3) is 6.08 Å². The number of nitrogens with zero attached hydrogens (tertiary/aromatic N) is 1. The molecule has 3 aromatic rings. The van der Waals surface area contributed by atoms with Crippen molar-refractivity contribution in [1.29, 1.82) is 0 Å². The molecule has 1 N–H and O–H groups in total. The molecule has 1 aliphatic heterocycles. The highest BCUT2D eigenvalue weighted by Gasteiger charge is 2.37. The van der Waals surface area contributed by atoms with Crippen molar-refractivity contribution in [3.05, 3.63) is 93.0 Å². The van der Waals surface area contributed by atoms with Crippen LogP contribution in [0.4, 0.5) is 10.5 Å². The number of anilines is 1. The summed E-state index contributed by atoms with van der Waals surface area (Å²) in [6.45, 7) is 1.95. The highest BCUT2D eigenvalue weighted by molar-refractivity contribution is 6.39. The van der Waals surface area contributed by atoms with Gasteiger partial charge < -0.3 is 9.47 Å². The van der Waals surface area contributed by atoms with Gasteiger partial charge in [0.15, 0.2) is 0 Å². The zero-order valence-corrected chi connectivity index (χ0v) is 20.3. The zero-order valence-electron chi connectivity index (χ0n) is 18.8. The summed E-state index contributed by atoms with van der Waals surface area (Å²) in [7, 11) is 1.52. The van der Waals surface area contributed by atoms with Crippen molar-refractivity contribution in [1.82, 2.24) is 5.32 Å². The average Bonchev–Trinajstić information content (AvgIpc) is 2.83. The third kappa shape index (κ3) is 5.31. The summed E-state index contributed by atoms with van der Waals surface area (Å²) in [5, 5.41) is 3.17. The van der Waals surface area contributed by atoms with E-state index in [2.05, 4.69) is 5.32 Å². The zero-order chi connectivity index (χ0) is 25.1. The van der Waals surface area contributed by atoms with Gasteiger partial charge in [0, 0.05) is 21.7 Å². The normalized spacial score (nSPS) is 14.8. The number of halogens is 2. The Morgan fingerprint density at radius 2 is 1.66 bits per heavy atom. The van der Waals surface area contributed by atoms with E-state index in [4.69, 9.17) is 32.7 Å². The first-order valence-electron chi connectivity index (χ1n) is 10.5. The summed E-state index contributed by atoms with van der Waals surface area (Å²) in [6, 6.07) is 16.1. The van der Waals surface area contributed by atoms with Crippen LogP contribution in [0.2, 0.25) is 10.0 Å². The molecule has 3 aromatic carbocycles. The predicted molar refractivity (Wildman–Crippen MR) is 134 cm³/mol. The standard InChI is InChI=1S/C26H20Cl2N2O5/c1-15-3-7-19(28)12-22(15)30-25(32)21(24(31)29-26(30)33)11-17-6-10-20(34-2)13-23(17)35-14-16-4-8-18(27)9-5-16/h3-13H,14H2,1-2H3,(H,29,31,33)/b21-11+. The van der Waals surface area contributed by atoms with Gasteiger partial charge >= 0.3 is 6.03 Å². The fourth-order valence-corrected chi connectivity index (χ4v) is 3.78. The van der Waals surface area contributed by atoms with Crippen molar-refractivity contribution in [2.75, 3.05) is 12.0 Å². The second-order valence-corrected chi connectivity index (χ2v) is 8.58. The van der Waals surface area contributed by atoms with Gasteiger partial charge in [0.25, 0.3) is 11.8 Å². The lowest BCUT2D eigenvalue weighted by molar-refractivity contribution is -0.122. The van der Waals surface area contributed by atoms with Crippen LogP contribution in [-0.4, -0.2) is 25.0 Å². The third-order valence-corrected chi connectivity index (χ3v) is 5.83. The second-order valence-electron chi connectivity index (χ2n) is 7.71. The van der Waals surface area contributed by atoms with Crippen molar-refractivity contribution >= 4 is 52.8 Å². The summed E-state index contributed by atoms with van der Waals surface area (Å²) in [6.07, 6.45) is 1.38. The maximum atomic E-state index is 13.3. The Morgan fingerprint density at radius 3 is 2.37 bits per heavy atom. The molecule has 1 fully saturated rings.